The lowest BCUT2D eigenvalue weighted by atomic mass is 10.1. The number of ether oxygens (including phenoxy) is 1. The highest BCUT2D eigenvalue weighted by atomic mass is 35.5. The summed E-state index contributed by atoms with van der Waals surface area (Å²) in [7, 11) is 1.78. The maximum Gasteiger partial charge on any atom is 0.226 e. The van der Waals surface area contributed by atoms with Gasteiger partial charge in [0, 0.05) is 25.2 Å². The second kappa shape index (κ2) is 9.96. The molecule has 4 nitrogen and oxygen atoms in total. The number of nitrogens with two attached hydrogens (primary N) is 1. The number of rotatable bonds is 7. The molecule has 5 heteroatoms. The van der Waals surface area contributed by atoms with Crippen LogP contribution in [0, 0.1) is 0 Å². The van der Waals surface area contributed by atoms with Crippen LogP contribution in [0.25, 0.3) is 11.1 Å². The van der Waals surface area contributed by atoms with E-state index in [-0.39, 0.29) is 24.4 Å². The first-order valence-electron chi connectivity index (χ1n) is 7.86. The molecule has 1 atom stereocenters. The Morgan fingerprint density at radius 3 is 2.42 bits per heavy atom. The van der Waals surface area contributed by atoms with Gasteiger partial charge < -0.3 is 15.4 Å². The number of halogens is 1. The van der Waals surface area contributed by atoms with E-state index in [1.807, 2.05) is 61.5 Å². The van der Waals surface area contributed by atoms with Gasteiger partial charge in [0.25, 0.3) is 0 Å². The van der Waals surface area contributed by atoms with Gasteiger partial charge in [-0.2, -0.15) is 0 Å². The molecule has 130 valence electrons. The molecule has 0 saturated carbocycles. The summed E-state index contributed by atoms with van der Waals surface area (Å²) < 4.78 is 5.85. The van der Waals surface area contributed by atoms with E-state index < -0.39 is 0 Å². The summed E-state index contributed by atoms with van der Waals surface area (Å²) in [5, 5.41) is 0. The summed E-state index contributed by atoms with van der Waals surface area (Å²) >= 11 is 0. The standard InChI is InChI=1S/C19H24N2O2.ClH/c1-15(14-20)21(2)19(22)12-13-23-18-11-7-6-10-17(18)16-8-4-3-5-9-16;/h3-11,15H,12-14,20H2,1-2H3;1H. The topological polar surface area (TPSA) is 55.6 Å². The van der Waals surface area contributed by atoms with Crippen LogP contribution < -0.4 is 10.5 Å². The van der Waals surface area contributed by atoms with Gasteiger partial charge in [0.15, 0.2) is 0 Å². The van der Waals surface area contributed by atoms with Crippen LogP contribution >= 0.6 is 12.4 Å². The zero-order valence-corrected chi connectivity index (χ0v) is 15.0. The molecule has 1 unspecified atom stereocenters. The molecule has 0 bridgehead atoms. The van der Waals surface area contributed by atoms with Crippen molar-refractivity contribution >= 4 is 18.3 Å². The van der Waals surface area contributed by atoms with Gasteiger partial charge in [0.1, 0.15) is 5.75 Å². The fraction of sp³-hybridized carbons (Fsp3) is 0.316. The number of hydrogen-bond donors (Lipinski definition) is 1. The Balaban J connectivity index is 0.00000288. The van der Waals surface area contributed by atoms with Gasteiger partial charge in [-0.1, -0.05) is 48.5 Å². The normalized spacial score (nSPS) is 11.3. The molecular weight excluding hydrogens is 324 g/mol. The third-order valence-electron chi connectivity index (χ3n) is 3.94. The third kappa shape index (κ3) is 5.25. The number of nitrogens with zero attached hydrogens (tertiary/aromatic N) is 1. The van der Waals surface area contributed by atoms with Crippen molar-refractivity contribution in [1.29, 1.82) is 0 Å². The van der Waals surface area contributed by atoms with Crippen LogP contribution in [-0.2, 0) is 4.79 Å². The highest BCUT2D eigenvalue weighted by Crippen LogP contribution is 2.29. The highest BCUT2D eigenvalue weighted by molar-refractivity contribution is 5.85. The number of hydrogen-bond acceptors (Lipinski definition) is 3. The number of para-hydroxylation sites is 1. The van der Waals surface area contributed by atoms with Crippen LogP contribution in [0.2, 0.25) is 0 Å². The minimum absolute atomic E-state index is 0. The molecule has 2 N–H and O–H groups in total. The van der Waals surface area contributed by atoms with Gasteiger partial charge in [0.05, 0.1) is 13.0 Å². The Morgan fingerprint density at radius 1 is 1.12 bits per heavy atom. The predicted molar refractivity (Wildman–Crippen MR) is 101 cm³/mol. The van der Waals surface area contributed by atoms with E-state index in [2.05, 4.69) is 0 Å². The number of carbonyl (C=O) groups excluding carboxylic acids is 1. The van der Waals surface area contributed by atoms with E-state index in [4.69, 9.17) is 10.5 Å². The van der Waals surface area contributed by atoms with Crippen LogP contribution in [0.1, 0.15) is 13.3 Å². The molecular formula is C19H25ClN2O2. The lowest BCUT2D eigenvalue weighted by molar-refractivity contribution is -0.132. The summed E-state index contributed by atoms with van der Waals surface area (Å²) in [6.07, 6.45) is 0.337. The first kappa shape index (κ1) is 20.0. The van der Waals surface area contributed by atoms with Crippen molar-refractivity contribution in [2.24, 2.45) is 5.73 Å². The zero-order chi connectivity index (χ0) is 16.7. The van der Waals surface area contributed by atoms with Crippen molar-refractivity contribution in [2.75, 3.05) is 20.2 Å². The molecule has 0 radical (unpaired) electrons. The molecule has 2 rings (SSSR count). The lowest BCUT2D eigenvalue weighted by Gasteiger charge is -2.23. The van der Waals surface area contributed by atoms with Crippen molar-refractivity contribution in [3.05, 3.63) is 54.6 Å². The third-order valence-corrected chi connectivity index (χ3v) is 3.94. The SMILES string of the molecule is CC(CN)N(C)C(=O)CCOc1ccccc1-c1ccccc1.Cl. The first-order chi connectivity index (χ1) is 11.1. The second-order valence-electron chi connectivity index (χ2n) is 5.55. The number of carbonyl (C=O) groups is 1. The maximum atomic E-state index is 12.1. The van der Waals surface area contributed by atoms with Gasteiger partial charge in [-0.3, -0.25) is 4.79 Å². The average Bonchev–Trinajstić information content (AvgIpc) is 2.61. The second-order valence-corrected chi connectivity index (χ2v) is 5.55. The molecule has 0 heterocycles. The van der Waals surface area contributed by atoms with E-state index in [0.29, 0.717) is 19.6 Å². The monoisotopic (exact) mass is 348 g/mol. The smallest absolute Gasteiger partial charge is 0.226 e. The largest absolute Gasteiger partial charge is 0.492 e. The molecule has 2 aromatic carbocycles. The van der Waals surface area contributed by atoms with Gasteiger partial charge in [-0.15, -0.1) is 12.4 Å². The van der Waals surface area contributed by atoms with Crippen LogP contribution in [0.3, 0.4) is 0 Å². The fourth-order valence-corrected chi connectivity index (χ4v) is 2.28. The Hall–Kier alpha value is -2.04. The van der Waals surface area contributed by atoms with E-state index in [9.17, 15) is 4.79 Å². The molecule has 0 aliphatic rings. The van der Waals surface area contributed by atoms with Crippen molar-refractivity contribution in [2.45, 2.75) is 19.4 Å². The molecule has 24 heavy (non-hydrogen) atoms. The summed E-state index contributed by atoms with van der Waals surface area (Å²) in [6, 6.07) is 18.0. The minimum atomic E-state index is 0. The molecule has 0 aliphatic carbocycles. The highest BCUT2D eigenvalue weighted by Gasteiger charge is 2.14. The van der Waals surface area contributed by atoms with E-state index in [0.717, 1.165) is 16.9 Å². The molecule has 0 fully saturated rings. The summed E-state index contributed by atoms with van der Waals surface area (Å²) in [4.78, 5) is 13.8. The fourth-order valence-electron chi connectivity index (χ4n) is 2.28. The Kier molecular flexibility index (Phi) is 8.30. The summed E-state index contributed by atoms with van der Waals surface area (Å²) in [6.45, 7) is 2.74. The predicted octanol–water partition coefficient (Wildman–Crippen LogP) is 3.35. The van der Waals surface area contributed by atoms with Crippen molar-refractivity contribution < 1.29 is 9.53 Å². The Morgan fingerprint density at radius 2 is 1.75 bits per heavy atom. The quantitative estimate of drug-likeness (QED) is 0.834. The first-order valence-corrected chi connectivity index (χ1v) is 7.86. The summed E-state index contributed by atoms with van der Waals surface area (Å²) in [5.41, 5.74) is 7.72. The van der Waals surface area contributed by atoms with E-state index in [1.165, 1.54) is 0 Å². The average molecular weight is 349 g/mol. The van der Waals surface area contributed by atoms with Crippen molar-refractivity contribution in [3.8, 4) is 16.9 Å². The van der Waals surface area contributed by atoms with Crippen LogP contribution in [0.4, 0.5) is 0 Å². The van der Waals surface area contributed by atoms with Gasteiger partial charge in [-0.05, 0) is 18.6 Å². The van der Waals surface area contributed by atoms with Crippen LogP contribution in [-0.4, -0.2) is 37.0 Å². The molecule has 2 aromatic rings. The van der Waals surface area contributed by atoms with E-state index >= 15 is 0 Å². The zero-order valence-electron chi connectivity index (χ0n) is 14.1. The maximum absolute atomic E-state index is 12.1. The van der Waals surface area contributed by atoms with Crippen molar-refractivity contribution in [1.82, 2.24) is 4.90 Å². The molecule has 1 amide bonds. The minimum Gasteiger partial charge on any atom is -0.492 e. The molecule has 0 saturated heterocycles. The number of likely N-dealkylation sites (N-methyl/N-ethyl adjacent to an activating group) is 1. The Bertz CT molecular complexity index is 634. The van der Waals surface area contributed by atoms with Crippen molar-refractivity contribution in [3.63, 3.8) is 0 Å². The molecule has 0 aliphatic heterocycles. The lowest BCUT2D eigenvalue weighted by Crippen LogP contribution is -2.40. The Labute approximate surface area is 150 Å². The van der Waals surface area contributed by atoms with Gasteiger partial charge >= 0.3 is 0 Å². The number of amides is 1. The summed E-state index contributed by atoms with van der Waals surface area (Å²) in [5.74, 6) is 0.834. The molecule has 0 aromatic heterocycles. The van der Waals surface area contributed by atoms with Crippen LogP contribution in [0.15, 0.2) is 54.6 Å². The number of benzene rings is 2. The van der Waals surface area contributed by atoms with Gasteiger partial charge in [-0.25, -0.2) is 0 Å². The van der Waals surface area contributed by atoms with Gasteiger partial charge in [0.2, 0.25) is 5.91 Å². The van der Waals surface area contributed by atoms with E-state index in [1.54, 1.807) is 11.9 Å². The molecule has 0 spiro atoms. The van der Waals surface area contributed by atoms with Crippen LogP contribution in [0.5, 0.6) is 5.75 Å².